The molecular formula is C10H20N2OS. The molecule has 0 spiro atoms. The van der Waals surface area contributed by atoms with Crippen molar-refractivity contribution < 1.29 is 5.11 Å². The first-order valence-electron chi connectivity index (χ1n) is 5.45. The molecule has 2 N–H and O–H groups in total. The van der Waals surface area contributed by atoms with E-state index in [-0.39, 0.29) is 5.54 Å². The third-order valence-corrected chi connectivity index (χ3v) is 4.83. The Labute approximate surface area is 90.2 Å². The van der Waals surface area contributed by atoms with Gasteiger partial charge in [0.05, 0.1) is 12.1 Å². The van der Waals surface area contributed by atoms with Crippen LogP contribution in [0.2, 0.25) is 0 Å². The summed E-state index contributed by atoms with van der Waals surface area (Å²) in [6, 6.07) is 0. The normalized spacial score (nSPS) is 40.3. The third-order valence-electron chi connectivity index (χ3n) is 3.39. The van der Waals surface area contributed by atoms with Gasteiger partial charge in [-0.2, -0.15) is 11.8 Å². The Balaban J connectivity index is 2.03. The minimum Gasteiger partial charge on any atom is -0.394 e. The van der Waals surface area contributed by atoms with Gasteiger partial charge in [-0.25, -0.2) is 0 Å². The maximum Gasteiger partial charge on any atom is 0.0623 e. The molecule has 2 heterocycles. The fourth-order valence-electron chi connectivity index (χ4n) is 2.52. The predicted molar refractivity (Wildman–Crippen MR) is 60.8 cm³/mol. The first-order valence-corrected chi connectivity index (χ1v) is 6.50. The summed E-state index contributed by atoms with van der Waals surface area (Å²) < 4.78 is 0. The number of aliphatic hydroxyl groups is 1. The van der Waals surface area contributed by atoms with Crippen LogP contribution in [-0.4, -0.2) is 59.3 Å². The van der Waals surface area contributed by atoms with E-state index < -0.39 is 0 Å². The Morgan fingerprint density at radius 3 is 2.71 bits per heavy atom. The summed E-state index contributed by atoms with van der Waals surface area (Å²) in [7, 11) is 0. The van der Waals surface area contributed by atoms with E-state index in [9.17, 15) is 5.11 Å². The lowest BCUT2D eigenvalue weighted by Gasteiger charge is -2.42. The molecule has 2 unspecified atom stereocenters. The number of thioether (sulfide) groups is 1. The van der Waals surface area contributed by atoms with Gasteiger partial charge < -0.3 is 10.4 Å². The fraction of sp³-hybridized carbons (Fsp3) is 1.00. The van der Waals surface area contributed by atoms with Crippen LogP contribution in [0.3, 0.4) is 0 Å². The van der Waals surface area contributed by atoms with E-state index in [1.165, 1.54) is 0 Å². The van der Waals surface area contributed by atoms with Crippen LogP contribution in [-0.2, 0) is 0 Å². The van der Waals surface area contributed by atoms with Gasteiger partial charge in [-0.05, 0) is 6.42 Å². The average Bonchev–Trinajstić information content (AvgIpc) is 2.63. The molecule has 82 valence electrons. The molecule has 0 aromatic carbocycles. The molecule has 2 fully saturated rings. The molecule has 0 aromatic heterocycles. The van der Waals surface area contributed by atoms with Crippen LogP contribution >= 0.6 is 11.8 Å². The van der Waals surface area contributed by atoms with E-state index in [1.54, 1.807) is 0 Å². The van der Waals surface area contributed by atoms with Crippen LogP contribution in [0.5, 0.6) is 0 Å². The molecule has 0 bridgehead atoms. The Morgan fingerprint density at radius 1 is 1.50 bits per heavy atom. The van der Waals surface area contributed by atoms with Crippen LogP contribution in [0.25, 0.3) is 0 Å². The van der Waals surface area contributed by atoms with Gasteiger partial charge in [0, 0.05) is 37.2 Å². The highest BCUT2D eigenvalue weighted by molar-refractivity contribution is 8.00. The maximum atomic E-state index is 9.61. The molecule has 0 radical (unpaired) electrons. The molecule has 2 saturated heterocycles. The van der Waals surface area contributed by atoms with Crippen LogP contribution in [0, 0.1) is 0 Å². The second-order valence-electron chi connectivity index (χ2n) is 4.45. The van der Waals surface area contributed by atoms with Crippen molar-refractivity contribution in [3.05, 3.63) is 0 Å². The van der Waals surface area contributed by atoms with E-state index in [1.807, 2.05) is 11.8 Å². The van der Waals surface area contributed by atoms with Gasteiger partial charge in [-0.15, -0.1) is 0 Å². The number of hydrogen-bond donors (Lipinski definition) is 2. The second-order valence-corrected chi connectivity index (χ2v) is 5.87. The summed E-state index contributed by atoms with van der Waals surface area (Å²) in [4.78, 5) is 2.49. The number of nitrogens with one attached hydrogen (secondary N) is 1. The fourth-order valence-corrected chi connectivity index (χ4v) is 3.93. The standard InChI is InChI=1S/C10H20N2OS/c1-9-6-10(7-13,8-14-9)12-4-2-11-3-5-12/h9,11,13H,2-8H2,1H3. The third kappa shape index (κ3) is 1.94. The average molecular weight is 216 g/mol. The van der Waals surface area contributed by atoms with Crippen molar-refractivity contribution in [1.29, 1.82) is 0 Å². The van der Waals surface area contributed by atoms with Crippen molar-refractivity contribution in [3.63, 3.8) is 0 Å². The lowest BCUT2D eigenvalue weighted by atomic mass is 9.94. The molecular weight excluding hydrogens is 196 g/mol. The maximum absolute atomic E-state index is 9.61. The van der Waals surface area contributed by atoms with Crippen molar-refractivity contribution in [2.24, 2.45) is 0 Å². The van der Waals surface area contributed by atoms with E-state index in [4.69, 9.17) is 0 Å². The molecule has 0 aromatic rings. The number of rotatable bonds is 2. The van der Waals surface area contributed by atoms with Gasteiger partial charge in [0.1, 0.15) is 0 Å². The highest BCUT2D eigenvalue weighted by Crippen LogP contribution is 2.38. The van der Waals surface area contributed by atoms with Crippen molar-refractivity contribution in [2.75, 3.05) is 38.5 Å². The SMILES string of the molecule is CC1CC(CO)(N2CCNCC2)CS1. The topological polar surface area (TPSA) is 35.5 Å². The van der Waals surface area contributed by atoms with Gasteiger partial charge in [-0.1, -0.05) is 6.92 Å². The first kappa shape index (κ1) is 10.7. The summed E-state index contributed by atoms with van der Waals surface area (Å²) in [6.45, 7) is 6.91. The second kappa shape index (κ2) is 4.39. The van der Waals surface area contributed by atoms with Gasteiger partial charge in [-0.3, -0.25) is 4.90 Å². The predicted octanol–water partition coefficient (Wildman–Crippen LogP) is 0.148. The molecule has 14 heavy (non-hydrogen) atoms. The largest absolute Gasteiger partial charge is 0.394 e. The zero-order chi connectivity index (χ0) is 10.0. The van der Waals surface area contributed by atoms with Crippen LogP contribution in [0.4, 0.5) is 0 Å². The van der Waals surface area contributed by atoms with E-state index in [0.717, 1.165) is 38.4 Å². The van der Waals surface area contributed by atoms with Gasteiger partial charge in [0.15, 0.2) is 0 Å². The molecule has 0 saturated carbocycles. The highest BCUT2D eigenvalue weighted by atomic mass is 32.2. The number of hydrogen-bond acceptors (Lipinski definition) is 4. The van der Waals surface area contributed by atoms with Crippen molar-refractivity contribution >= 4 is 11.8 Å². The molecule has 2 atom stereocenters. The van der Waals surface area contributed by atoms with Crippen molar-refractivity contribution in [2.45, 2.75) is 24.1 Å². The summed E-state index contributed by atoms with van der Waals surface area (Å²) >= 11 is 2.00. The lowest BCUT2D eigenvalue weighted by Crippen LogP contribution is -2.58. The number of piperazine rings is 1. The van der Waals surface area contributed by atoms with Gasteiger partial charge in [0.25, 0.3) is 0 Å². The molecule has 2 rings (SSSR count). The Morgan fingerprint density at radius 2 is 2.21 bits per heavy atom. The molecule has 0 aliphatic carbocycles. The smallest absolute Gasteiger partial charge is 0.0623 e. The summed E-state index contributed by atoms with van der Waals surface area (Å²) in [6.07, 6.45) is 1.15. The summed E-state index contributed by atoms with van der Waals surface area (Å²) in [5.41, 5.74) is 0.0895. The Bertz CT molecular complexity index is 197. The van der Waals surface area contributed by atoms with Crippen LogP contribution < -0.4 is 5.32 Å². The first-order chi connectivity index (χ1) is 6.77. The van der Waals surface area contributed by atoms with E-state index in [2.05, 4.69) is 17.1 Å². The van der Waals surface area contributed by atoms with Crippen LogP contribution in [0.1, 0.15) is 13.3 Å². The van der Waals surface area contributed by atoms with E-state index in [0.29, 0.717) is 11.9 Å². The van der Waals surface area contributed by atoms with Crippen LogP contribution in [0.15, 0.2) is 0 Å². The van der Waals surface area contributed by atoms with E-state index >= 15 is 0 Å². The number of nitrogens with zero attached hydrogens (tertiary/aromatic N) is 1. The van der Waals surface area contributed by atoms with Crippen molar-refractivity contribution in [1.82, 2.24) is 10.2 Å². The van der Waals surface area contributed by atoms with Gasteiger partial charge >= 0.3 is 0 Å². The van der Waals surface area contributed by atoms with Crippen molar-refractivity contribution in [3.8, 4) is 0 Å². The molecule has 4 heteroatoms. The quantitative estimate of drug-likeness (QED) is 0.689. The number of aliphatic hydroxyl groups excluding tert-OH is 1. The Kier molecular flexibility index (Phi) is 3.37. The Hall–Kier alpha value is 0.230. The molecule has 2 aliphatic heterocycles. The minimum atomic E-state index is 0.0895. The summed E-state index contributed by atoms with van der Waals surface area (Å²) in [5, 5.41) is 13.7. The molecule has 0 amide bonds. The lowest BCUT2D eigenvalue weighted by molar-refractivity contribution is 0.0366. The zero-order valence-corrected chi connectivity index (χ0v) is 9.65. The summed E-state index contributed by atoms with van der Waals surface area (Å²) in [5.74, 6) is 1.10. The monoisotopic (exact) mass is 216 g/mol. The molecule has 2 aliphatic rings. The zero-order valence-electron chi connectivity index (χ0n) is 8.83. The van der Waals surface area contributed by atoms with Gasteiger partial charge in [0.2, 0.25) is 0 Å². The minimum absolute atomic E-state index is 0.0895. The molecule has 3 nitrogen and oxygen atoms in total. The highest BCUT2D eigenvalue weighted by Gasteiger charge is 2.42.